The fourth-order valence-electron chi connectivity index (χ4n) is 2.60. The molecule has 150 valence electrons. The van der Waals surface area contributed by atoms with Gasteiger partial charge in [0.1, 0.15) is 18.0 Å². The first-order chi connectivity index (χ1) is 14.8. The molecule has 30 heavy (non-hydrogen) atoms. The Morgan fingerprint density at radius 2 is 1.83 bits per heavy atom. The lowest BCUT2D eigenvalue weighted by Crippen LogP contribution is -2.29. The molecule has 0 unspecified atom stereocenters. The van der Waals surface area contributed by atoms with Gasteiger partial charge in [0.2, 0.25) is 0 Å². The molecule has 0 aliphatic heterocycles. The maximum atomic E-state index is 12.4. The van der Waals surface area contributed by atoms with E-state index in [1.165, 1.54) is 11.0 Å². The number of hydrogen-bond acceptors (Lipinski definition) is 9. The van der Waals surface area contributed by atoms with Crippen molar-refractivity contribution in [3.63, 3.8) is 0 Å². The number of anilines is 3. The highest BCUT2D eigenvalue weighted by atomic mass is 16.1. The number of carbonyl (C=O) groups is 1. The Morgan fingerprint density at radius 1 is 0.933 bits per heavy atom. The highest BCUT2D eigenvalue weighted by Crippen LogP contribution is 2.12. The van der Waals surface area contributed by atoms with Crippen LogP contribution >= 0.6 is 0 Å². The highest BCUT2D eigenvalue weighted by molar-refractivity contribution is 5.94. The van der Waals surface area contributed by atoms with Crippen molar-refractivity contribution >= 4 is 23.4 Å². The Morgan fingerprint density at radius 3 is 2.60 bits per heavy atom. The van der Waals surface area contributed by atoms with Gasteiger partial charge in [-0.2, -0.15) is 0 Å². The first-order valence-electron chi connectivity index (χ1n) is 9.15. The minimum Gasteiger partial charge on any atom is -0.367 e. The number of pyridine rings is 1. The van der Waals surface area contributed by atoms with E-state index in [0.29, 0.717) is 41.8 Å². The van der Waals surface area contributed by atoms with Crippen LogP contribution < -0.4 is 16.0 Å². The number of nitrogens with zero attached hydrogens (tertiary/aromatic N) is 7. The average Bonchev–Trinajstić information content (AvgIpc) is 3.34. The molecule has 0 fully saturated rings. The van der Waals surface area contributed by atoms with Crippen LogP contribution in [0.2, 0.25) is 0 Å². The van der Waals surface area contributed by atoms with Gasteiger partial charge in [-0.15, -0.1) is 15.3 Å². The van der Waals surface area contributed by atoms with E-state index in [-0.39, 0.29) is 5.91 Å². The van der Waals surface area contributed by atoms with Crippen LogP contribution in [0.5, 0.6) is 0 Å². The van der Waals surface area contributed by atoms with Crippen LogP contribution in [0, 0.1) is 0 Å². The molecule has 11 heteroatoms. The summed E-state index contributed by atoms with van der Waals surface area (Å²) >= 11 is 0. The van der Waals surface area contributed by atoms with Crippen LogP contribution in [0.4, 0.5) is 17.5 Å². The van der Waals surface area contributed by atoms with E-state index in [1.54, 1.807) is 36.5 Å². The zero-order valence-corrected chi connectivity index (χ0v) is 15.8. The van der Waals surface area contributed by atoms with E-state index in [0.717, 1.165) is 0 Å². The topological polar surface area (TPSA) is 135 Å². The van der Waals surface area contributed by atoms with E-state index in [4.69, 9.17) is 0 Å². The van der Waals surface area contributed by atoms with Gasteiger partial charge in [-0.3, -0.25) is 4.79 Å². The highest BCUT2D eigenvalue weighted by Gasteiger charge is 2.07. The molecular weight excluding hydrogens is 384 g/mol. The molecule has 0 saturated heterocycles. The van der Waals surface area contributed by atoms with Gasteiger partial charge < -0.3 is 16.0 Å². The number of amides is 1. The number of aromatic nitrogens is 7. The minimum atomic E-state index is -0.187. The van der Waals surface area contributed by atoms with Crippen molar-refractivity contribution in [2.24, 2.45) is 0 Å². The number of hydrogen-bond donors (Lipinski definition) is 3. The number of rotatable bonds is 8. The van der Waals surface area contributed by atoms with Crippen LogP contribution in [0.3, 0.4) is 0 Å². The largest absolute Gasteiger partial charge is 0.367 e. The first kappa shape index (κ1) is 18.9. The molecule has 3 heterocycles. The van der Waals surface area contributed by atoms with Crippen LogP contribution in [-0.2, 0) is 0 Å². The third-order valence-electron chi connectivity index (χ3n) is 4.02. The van der Waals surface area contributed by atoms with E-state index in [2.05, 4.69) is 46.7 Å². The maximum Gasteiger partial charge on any atom is 0.251 e. The fourth-order valence-corrected chi connectivity index (χ4v) is 2.60. The Labute approximate surface area is 171 Å². The summed E-state index contributed by atoms with van der Waals surface area (Å²) < 4.78 is 1.49. The Hall–Kier alpha value is -4.41. The first-order valence-corrected chi connectivity index (χ1v) is 9.15. The van der Waals surface area contributed by atoms with Crippen molar-refractivity contribution in [2.45, 2.75) is 0 Å². The summed E-state index contributed by atoms with van der Waals surface area (Å²) in [6.07, 6.45) is 3.17. The molecule has 4 rings (SSSR count). The molecular formula is C19H18N10O. The second kappa shape index (κ2) is 9.19. The molecule has 1 aromatic carbocycles. The lowest BCUT2D eigenvalue weighted by molar-refractivity contribution is 0.0955. The minimum absolute atomic E-state index is 0.187. The standard InChI is InChI=1S/C19H18N10O/c30-19(14-4-3-5-15(12-14)29-13-23-27-28-29)22-11-10-21-17-7-8-18(26-25-17)24-16-6-1-2-9-20-16/h1-9,12-13H,10-11H2,(H,21,25)(H,22,30)(H,20,24,26). The molecule has 0 aliphatic rings. The van der Waals surface area contributed by atoms with Gasteiger partial charge in [0.25, 0.3) is 5.91 Å². The quantitative estimate of drug-likeness (QED) is 0.374. The predicted octanol–water partition coefficient (Wildman–Crippen LogP) is 1.43. The maximum absolute atomic E-state index is 12.4. The van der Waals surface area contributed by atoms with Crippen molar-refractivity contribution in [3.05, 3.63) is 72.7 Å². The summed E-state index contributed by atoms with van der Waals surface area (Å²) in [6.45, 7) is 0.920. The zero-order chi connectivity index (χ0) is 20.6. The third kappa shape index (κ3) is 4.90. The van der Waals surface area contributed by atoms with Gasteiger partial charge in [0.05, 0.1) is 5.69 Å². The lowest BCUT2D eigenvalue weighted by Gasteiger charge is -2.09. The third-order valence-corrected chi connectivity index (χ3v) is 4.02. The van der Waals surface area contributed by atoms with Crippen LogP contribution in [0.25, 0.3) is 5.69 Å². The Balaban J connectivity index is 1.24. The SMILES string of the molecule is O=C(NCCNc1ccc(Nc2ccccn2)nn1)c1cccc(-n2cnnn2)c1. The van der Waals surface area contributed by atoms with Crippen molar-refractivity contribution in [2.75, 3.05) is 23.7 Å². The van der Waals surface area contributed by atoms with Gasteiger partial charge in [0, 0.05) is 24.8 Å². The summed E-state index contributed by atoms with van der Waals surface area (Å²) in [6, 6.07) is 16.2. The molecule has 1 amide bonds. The smallest absolute Gasteiger partial charge is 0.251 e. The molecule has 0 bridgehead atoms. The van der Waals surface area contributed by atoms with Gasteiger partial charge in [-0.25, -0.2) is 9.67 Å². The van der Waals surface area contributed by atoms with E-state index in [1.807, 2.05) is 24.3 Å². The molecule has 0 radical (unpaired) electrons. The van der Waals surface area contributed by atoms with Crippen LogP contribution in [-0.4, -0.2) is 54.4 Å². The molecule has 11 nitrogen and oxygen atoms in total. The number of tetrazole rings is 1. The summed E-state index contributed by atoms with van der Waals surface area (Å²) in [5, 5.41) is 28.2. The predicted molar refractivity (Wildman–Crippen MR) is 110 cm³/mol. The summed E-state index contributed by atoms with van der Waals surface area (Å²) in [5.74, 6) is 1.71. The van der Waals surface area contributed by atoms with Gasteiger partial charge in [-0.1, -0.05) is 12.1 Å². The summed E-state index contributed by atoms with van der Waals surface area (Å²) in [4.78, 5) is 16.5. The Kier molecular flexibility index (Phi) is 5.80. The van der Waals surface area contributed by atoms with Crippen molar-refractivity contribution in [1.29, 1.82) is 0 Å². The monoisotopic (exact) mass is 402 g/mol. The zero-order valence-electron chi connectivity index (χ0n) is 15.8. The second-order valence-corrected chi connectivity index (χ2v) is 6.13. The second-order valence-electron chi connectivity index (χ2n) is 6.13. The van der Waals surface area contributed by atoms with E-state index >= 15 is 0 Å². The van der Waals surface area contributed by atoms with E-state index < -0.39 is 0 Å². The molecule has 0 aliphatic carbocycles. The summed E-state index contributed by atoms with van der Waals surface area (Å²) in [7, 11) is 0. The number of benzene rings is 1. The van der Waals surface area contributed by atoms with Gasteiger partial charge in [0.15, 0.2) is 5.82 Å². The molecule has 4 aromatic rings. The van der Waals surface area contributed by atoms with Gasteiger partial charge >= 0.3 is 0 Å². The molecule has 0 saturated carbocycles. The normalized spacial score (nSPS) is 10.4. The molecule has 3 N–H and O–H groups in total. The molecule has 0 spiro atoms. The fraction of sp³-hybridized carbons (Fsp3) is 0.105. The van der Waals surface area contributed by atoms with Crippen molar-refractivity contribution in [1.82, 2.24) is 40.7 Å². The van der Waals surface area contributed by atoms with Crippen LogP contribution in [0.1, 0.15) is 10.4 Å². The molecule has 0 atom stereocenters. The molecule has 3 aromatic heterocycles. The number of nitrogens with one attached hydrogen (secondary N) is 3. The van der Waals surface area contributed by atoms with Crippen molar-refractivity contribution in [3.8, 4) is 5.69 Å². The number of carbonyl (C=O) groups excluding carboxylic acids is 1. The van der Waals surface area contributed by atoms with Gasteiger partial charge in [-0.05, 0) is 52.9 Å². The Bertz CT molecular complexity index is 1080. The summed E-state index contributed by atoms with van der Waals surface area (Å²) in [5.41, 5.74) is 1.23. The van der Waals surface area contributed by atoms with E-state index in [9.17, 15) is 4.79 Å². The van der Waals surface area contributed by atoms with Crippen molar-refractivity contribution < 1.29 is 4.79 Å². The lowest BCUT2D eigenvalue weighted by atomic mass is 10.2. The van der Waals surface area contributed by atoms with Crippen LogP contribution in [0.15, 0.2) is 67.1 Å². The average molecular weight is 402 g/mol.